The molecule has 2 rings (SSSR count). The predicted octanol–water partition coefficient (Wildman–Crippen LogP) is 5.07. The first kappa shape index (κ1) is 15.8. The van der Waals surface area contributed by atoms with Crippen LogP contribution in [0.5, 0.6) is 0 Å². The maximum atomic E-state index is 12.4. The quantitative estimate of drug-likeness (QED) is 0.801. The third-order valence-electron chi connectivity index (χ3n) is 3.18. The van der Waals surface area contributed by atoms with Gasteiger partial charge in [0, 0.05) is 22.0 Å². The van der Waals surface area contributed by atoms with Crippen LogP contribution in [-0.4, -0.2) is 10.9 Å². The van der Waals surface area contributed by atoms with E-state index in [1.165, 1.54) is 0 Å². The molecule has 1 aromatic heterocycles. The Balaban J connectivity index is 2.30. The van der Waals surface area contributed by atoms with Crippen molar-refractivity contribution in [3.8, 4) is 0 Å². The molecule has 1 amide bonds. The monoisotopic (exact) mass is 322 g/mol. The number of nitrogens with zero attached hydrogens (tertiary/aromatic N) is 1. The summed E-state index contributed by atoms with van der Waals surface area (Å²) < 4.78 is 0. The first-order valence-electron chi connectivity index (χ1n) is 6.62. The average molecular weight is 323 g/mol. The lowest BCUT2D eigenvalue weighted by atomic mass is 10.1. The molecule has 5 heteroatoms. The van der Waals surface area contributed by atoms with Crippen molar-refractivity contribution in [3.05, 3.63) is 57.3 Å². The Morgan fingerprint density at radius 2 is 1.95 bits per heavy atom. The number of aromatic nitrogens is 1. The molecular weight excluding hydrogens is 307 g/mol. The van der Waals surface area contributed by atoms with Crippen molar-refractivity contribution < 1.29 is 4.79 Å². The zero-order valence-electron chi connectivity index (χ0n) is 12.1. The van der Waals surface area contributed by atoms with Crippen molar-refractivity contribution in [2.45, 2.75) is 26.7 Å². The molecule has 2 aromatic rings. The van der Waals surface area contributed by atoms with Crippen molar-refractivity contribution in [1.82, 2.24) is 4.98 Å². The highest BCUT2D eigenvalue weighted by atomic mass is 35.5. The Bertz CT molecular complexity index is 684. The van der Waals surface area contributed by atoms with Crippen LogP contribution in [0.1, 0.15) is 41.4 Å². The van der Waals surface area contributed by atoms with E-state index >= 15 is 0 Å². The minimum absolute atomic E-state index is 0.197. The number of carbonyl (C=O) groups is 1. The molecule has 0 unspecified atom stereocenters. The second-order valence-corrected chi connectivity index (χ2v) is 5.92. The van der Waals surface area contributed by atoms with Crippen LogP contribution >= 0.6 is 23.2 Å². The van der Waals surface area contributed by atoms with Crippen LogP contribution in [0, 0.1) is 6.92 Å². The fourth-order valence-electron chi connectivity index (χ4n) is 1.88. The SMILES string of the molecule is Cc1c(Cl)cccc1NC(=O)c1cc(Cl)nc(C(C)C)c1. The van der Waals surface area contributed by atoms with Crippen LogP contribution in [0.2, 0.25) is 10.2 Å². The third kappa shape index (κ3) is 3.74. The van der Waals surface area contributed by atoms with Crippen LogP contribution in [-0.2, 0) is 0 Å². The molecular formula is C16H16Cl2N2O. The molecule has 0 spiro atoms. The van der Waals surface area contributed by atoms with Crippen LogP contribution in [0.3, 0.4) is 0 Å². The largest absolute Gasteiger partial charge is 0.322 e. The smallest absolute Gasteiger partial charge is 0.255 e. The van der Waals surface area contributed by atoms with Gasteiger partial charge in [0.15, 0.2) is 0 Å². The highest BCUT2D eigenvalue weighted by Gasteiger charge is 2.13. The number of rotatable bonds is 3. The summed E-state index contributed by atoms with van der Waals surface area (Å²) in [6.45, 7) is 5.86. The zero-order valence-corrected chi connectivity index (χ0v) is 13.6. The van der Waals surface area contributed by atoms with Gasteiger partial charge in [-0.1, -0.05) is 43.1 Å². The molecule has 0 saturated heterocycles. The van der Waals surface area contributed by atoms with Crippen LogP contribution in [0.15, 0.2) is 30.3 Å². The summed E-state index contributed by atoms with van der Waals surface area (Å²) in [6.07, 6.45) is 0. The second kappa shape index (κ2) is 6.46. The Morgan fingerprint density at radius 3 is 2.62 bits per heavy atom. The summed E-state index contributed by atoms with van der Waals surface area (Å²) in [4.78, 5) is 16.6. The van der Waals surface area contributed by atoms with Gasteiger partial charge in [-0.05, 0) is 42.7 Å². The van der Waals surface area contributed by atoms with Gasteiger partial charge in [0.2, 0.25) is 0 Å². The van der Waals surface area contributed by atoms with Crippen LogP contribution in [0.25, 0.3) is 0 Å². The summed E-state index contributed by atoms with van der Waals surface area (Å²) in [5, 5.41) is 3.78. The molecule has 0 aliphatic rings. The number of carbonyl (C=O) groups excluding carboxylic acids is 1. The Hall–Kier alpha value is -1.58. The van der Waals surface area contributed by atoms with Gasteiger partial charge in [0.1, 0.15) is 5.15 Å². The van der Waals surface area contributed by atoms with Gasteiger partial charge in [-0.15, -0.1) is 0 Å². The van der Waals surface area contributed by atoms with E-state index in [1.807, 2.05) is 26.8 Å². The maximum Gasteiger partial charge on any atom is 0.255 e. The minimum Gasteiger partial charge on any atom is -0.322 e. The van der Waals surface area contributed by atoms with Crippen molar-refractivity contribution in [3.63, 3.8) is 0 Å². The molecule has 0 radical (unpaired) electrons. The van der Waals surface area contributed by atoms with E-state index in [0.717, 1.165) is 11.3 Å². The first-order chi connectivity index (χ1) is 9.88. The normalized spacial score (nSPS) is 10.8. The van der Waals surface area contributed by atoms with Crippen molar-refractivity contribution >= 4 is 34.8 Å². The Labute approximate surface area is 134 Å². The molecule has 1 aromatic carbocycles. The van der Waals surface area contributed by atoms with Gasteiger partial charge in [0.05, 0.1) is 0 Å². The number of benzene rings is 1. The first-order valence-corrected chi connectivity index (χ1v) is 7.38. The molecule has 3 nitrogen and oxygen atoms in total. The average Bonchev–Trinajstić information content (AvgIpc) is 2.43. The highest BCUT2D eigenvalue weighted by molar-refractivity contribution is 6.32. The Morgan fingerprint density at radius 1 is 1.24 bits per heavy atom. The lowest BCUT2D eigenvalue weighted by Gasteiger charge is -2.11. The van der Waals surface area contributed by atoms with E-state index in [4.69, 9.17) is 23.2 Å². The topological polar surface area (TPSA) is 42.0 Å². The number of nitrogens with one attached hydrogen (secondary N) is 1. The van der Waals surface area contributed by atoms with E-state index in [0.29, 0.717) is 21.4 Å². The summed E-state index contributed by atoms with van der Waals surface area (Å²) >= 11 is 12.0. The van der Waals surface area contributed by atoms with E-state index < -0.39 is 0 Å². The van der Waals surface area contributed by atoms with E-state index in [9.17, 15) is 4.79 Å². The highest BCUT2D eigenvalue weighted by Crippen LogP contribution is 2.24. The maximum absolute atomic E-state index is 12.4. The fourth-order valence-corrected chi connectivity index (χ4v) is 2.27. The number of hydrogen-bond donors (Lipinski definition) is 1. The molecule has 0 aliphatic carbocycles. The number of anilines is 1. The zero-order chi connectivity index (χ0) is 15.6. The molecule has 110 valence electrons. The molecule has 0 aliphatic heterocycles. The van der Waals surface area contributed by atoms with Crippen molar-refractivity contribution in [2.24, 2.45) is 0 Å². The molecule has 0 bridgehead atoms. The number of hydrogen-bond acceptors (Lipinski definition) is 2. The molecule has 0 saturated carbocycles. The van der Waals surface area contributed by atoms with Gasteiger partial charge >= 0.3 is 0 Å². The van der Waals surface area contributed by atoms with Crippen molar-refractivity contribution in [2.75, 3.05) is 5.32 Å². The number of amides is 1. The summed E-state index contributed by atoms with van der Waals surface area (Å²) in [6, 6.07) is 8.70. The van der Waals surface area contributed by atoms with E-state index in [2.05, 4.69) is 10.3 Å². The van der Waals surface area contributed by atoms with Gasteiger partial charge < -0.3 is 5.32 Å². The van der Waals surface area contributed by atoms with E-state index in [-0.39, 0.29) is 11.8 Å². The third-order valence-corrected chi connectivity index (χ3v) is 3.79. The fraction of sp³-hybridized carbons (Fsp3) is 0.250. The van der Waals surface area contributed by atoms with Gasteiger partial charge in [-0.25, -0.2) is 4.98 Å². The minimum atomic E-state index is -0.230. The molecule has 21 heavy (non-hydrogen) atoms. The lowest BCUT2D eigenvalue weighted by molar-refractivity contribution is 0.102. The van der Waals surface area contributed by atoms with E-state index in [1.54, 1.807) is 24.3 Å². The second-order valence-electron chi connectivity index (χ2n) is 5.12. The van der Waals surface area contributed by atoms with Crippen LogP contribution in [0.4, 0.5) is 5.69 Å². The van der Waals surface area contributed by atoms with Gasteiger partial charge in [-0.2, -0.15) is 0 Å². The van der Waals surface area contributed by atoms with Gasteiger partial charge in [0.25, 0.3) is 5.91 Å². The molecule has 1 heterocycles. The summed E-state index contributed by atoms with van der Waals surface area (Å²) in [5.74, 6) is -0.0327. The standard InChI is InChI=1S/C16H16Cl2N2O/c1-9(2)14-7-11(8-15(18)19-14)16(21)20-13-6-4-5-12(17)10(13)3/h4-9H,1-3H3,(H,20,21). The number of pyridine rings is 1. The van der Waals surface area contributed by atoms with Crippen LogP contribution < -0.4 is 5.32 Å². The molecule has 0 fully saturated rings. The Kier molecular flexibility index (Phi) is 4.86. The van der Waals surface area contributed by atoms with Crippen molar-refractivity contribution in [1.29, 1.82) is 0 Å². The number of halogens is 2. The molecule has 1 N–H and O–H groups in total. The summed E-state index contributed by atoms with van der Waals surface area (Å²) in [7, 11) is 0. The molecule has 0 atom stereocenters. The predicted molar refractivity (Wildman–Crippen MR) is 87.5 cm³/mol. The summed E-state index contributed by atoms with van der Waals surface area (Å²) in [5.41, 5.74) is 2.79. The lowest BCUT2D eigenvalue weighted by Crippen LogP contribution is -2.14. The van der Waals surface area contributed by atoms with Gasteiger partial charge in [-0.3, -0.25) is 4.79 Å².